The van der Waals surface area contributed by atoms with Gasteiger partial charge in [-0.2, -0.15) is 0 Å². The number of hydrogen-bond donors (Lipinski definition) is 1. The smallest absolute Gasteiger partial charge is 0.248 e. The van der Waals surface area contributed by atoms with E-state index in [1.807, 2.05) is 4.90 Å². The SMILES string of the molecule is CC1CC1CN1CCC(=O)NC2(CCCC2)C1=O. The Labute approximate surface area is 108 Å². The van der Waals surface area contributed by atoms with Gasteiger partial charge in [-0.3, -0.25) is 9.59 Å². The fourth-order valence-corrected chi connectivity index (χ4v) is 3.45. The summed E-state index contributed by atoms with van der Waals surface area (Å²) in [6, 6.07) is 0. The molecule has 2 unspecified atom stereocenters. The van der Waals surface area contributed by atoms with Crippen molar-refractivity contribution in [2.45, 2.75) is 51.0 Å². The topological polar surface area (TPSA) is 49.4 Å². The van der Waals surface area contributed by atoms with E-state index < -0.39 is 5.54 Å². The lowest BCUT2D eigenvalue weighted by atomic mass is 9.95. The van der Waals surface area contributed by atoms with E-state index >= 15 is 0 Å². The summed E-state index contributed by atoms with van der Waals surface area (Å²) in [6.07, 6.45) is 5.47. The van der Waals surface area contributed by atoms with Crippen LogP contribution in [0.4, 0.5) is 0 Å². The average Bonchev–Trinajstić information content (AvgIpc) is 2.87. The summed E-state index contributed by atoms with van der Waals surface area (Å²) in [7, 11) is 0. The van der Waals surface area contributed by atoms with Gasteiger partial charge in [0.15, 0.2) is 0 Å². The molecule has 1 heterocycles. The predicted octanol–water partition coefficient (Wildman–Crippen LogP) is 1.30. The van der Waals surface area contributed by atoms with Crippen molar-refractivity contribution in [3.05, 3.63) is 0 Å². The molecule has 0 bridgehead atoms. The molecular formula is C14H22N2O2. The average molecular weight is 250 g/mol. The Kier molecular flexibility index (Phi) is 2.83. The molecule has 3 rings (SSSR count). The van der Waals surface area contributed by atoms with Gasteiger partial charge >= 0.3 is 0 Å². The van der Waals surface area contributed by atoms with Crippen LogP contribution < -0.4 is 5.32 Å². The normalized spacial score (nSPS) is 34.6. The molecule has 0 radical (unpaired) electrons. The molecule has 1 spiro atoms. The second-order valence-corrected chi connectivity index (χ2v) is 6.31. The van der Waals surface area contributed by atoms with Crippen molar-refractivity contribution in [3.8, 4) is 0 Å². The molecule has 100 valence electrons. The van der Waals surface area contributed by atoms with Crippen molar-refractivity contribution in [2.24, 2.45) is 11.8 Å². The highest BCUT2D eigenvalue weighted by Crippen LogP contribution is 2.40. The molecule has 18 heavy (non-hydrogen) atoms. The van der Waals surface area contributed by atoms with Gasteiger partial charge in [-0.05, 0) is 31.1 Å². The van der Waals surface area contributed by atoms with E-state index in [2.05, 4.69) is 12.2 Å². The first-order valence-corrected chi connectivity index (χ1v) is 7.21. The van der Waals surface area contributed by atoms with Crippen LogP contribution in [0.2, 0.25) is 0 Å². The number of hydrogen-bond acceptors (Lipinski definition) is 2. The van der Waals surface area contributed by atoms with Gasteiger partial charge in [0.25, 0.3) is 0 Å². The van der Waals surface area contributed by atoms with Crippen molar-refractivity contribution in [3.63, 3.8) is 0 Å². The highest BCUT2D eigenvalue weighted by Gasteiger charge is 2.47. The minimum absolute atomic E-state index is 0.0524. The van der Waals surface area contributed by atoms with Crippen LogP contribution in [0.3, 0.4) is 0 Å². The number of nitrogens with one attached hydrogen (secondary N) is 1. The Morgan fingerprint density at radius 2 is 2.00 bits per heavy atom. The molecular weight excluding hydrogens is 228 g/mol. The van der Waals surface area contributed by atoms with Gasteiger partial charge in [0.05, 0.1) is 0 Å². The second-order valence-electron chi connectivity index (χ2n) is 6.31. The fourth-order valence-electron chi connectivity index (χ4n) is 3.45. The van der Waals surface area contributed by atoms with E-state index in [1.54, 1.807) is 0 Å². The van der Waals surface area contributed by atoms with Gasteiger partial charge in [0.1, 0.15) is 5.54 Å². The predicted molar refractivity (Wildman–Crippen MR) is 67.8 cm³/mol. The van der Waals surface area contributed by atoms with Crippen LogP contribution in [0, 0.1) is 11.8 Å². The first-order chi connectivity index (χ1) is 8.61. The molecule has 1 aliphatic heterocycles. The van der Waals surface area contributed by atoms with E-state index in [4.69, 9.17) is 0 Å². The lowest BCUT2D eigenvalue weighted by Gasteiger charge is -2.31. The Morgan fingerprint density at radius 3 is 2.61 bits per heavy atom. The maximum absolute atomic E-state index is 12.7. The highest BCUT2D eigenvalue weighted by molar-refractivity contribution is 5.93. The van der Waals surface area contributed by atoms with Gasteiger partial charge in [-0.25, -0.2) is 0 Å². The monoisotopic (exact) mass is 250 g/mol. The Hall–Kier alpha value is -1.06. The van der Waals surface area contributed by atoms with Gasteiger partial charge in [-0.1, -0.05) is 19.8 Å². The molecule has 0 aromatic carbocycles. The molecule has 2 atom stereocenters. The Bertz CT molecular complexity index is 374. The third kappa shape index (κ3) is 2.02. The molecule has 2 aliphatic carbocycles. The standard InChI is InChI=1S/C14H22N2O2/c1-10-8-11(10)9-16-7-4-12(17)15-14(13(16)18)5-2-3-6-14/h10-11H,2-9H2,1H3,(H,15,17). The van der Waals surface area contributed by atoms with Crippen molar-refractivity contribution in [2.75, 3.05) is 13.1 Å². The van der Waals surface area contributed by atoms with Gasteiger partial charge in [0.2, 0.25) is 11.8 Å². The molecule has 2 amide bonds. The van der Waals surface area contributed by atoms with E-state index in [0.717, 1.165) is 38.1 Å². The van der Waals surface area contributed by atoms with Crippen molar-refractivity contribution in [1.82, 2.24) is 10.2 Å². The summed E-state index contributed by atoms with van der Waals surface area (Å²) >= 11 is 0. The summed E-state index contributed by atoms with van der Waals surface area (Å²) in [5.41, 5.74) is -0.550. The van der Waals surface area contributed by atoms with Crippen LogP contribution in [0.1, 0.15) is 45.4 Å². The zero-order valence-corrected chi connectivity index (χ0v) is 11.1. The first-order valence-electron chi connectivity index (χ1n) is 7.21. The summed E-state index contributed by atoms with van der Waals surface area (Å²) in [5.74, 6) is 1.66. The van der Waals surface area contributed by atoms with E-state index in [9.17, 15) is 9.59 Å². The molecule has 1 saturated heterocycles. The zero-order chi connectivity index (χ0) is 12.8. The molecule has 4 heteroatoms. The molecule has 4 nitrogen and oxygen atoms in total. The van der Waals surface area contributed by atoms with Crippen LogP contribution in [0.25, 0.3) is 0 Å². The van der Waals surface area contributed by atoms with Crippen LogP contribution in [0.5, 0.6) is 0 Å². The van der Waals surface area contributed by atoms with E-state index in [-0.39, 0.29) is 11.8 Å². The Balaban J connectivity index is 1.77. The number of amides is 2. The Morgan fingerprint density at radius 1 is 1.33 bits per heavy atom. The lowest BCUT2D eigenvalue weighted by Crippen LogP contribution is -2.55. The fraction of sp³-hybridized carbons (Fsp3) is 0.857. The van der Waals surface area contributed by atoms with Crippen LogP contribution in [-0.2, 0) is 9.59 Å². The van der Waals surface area contributed by atoms with Crippen molar-refractivity contribution >= 4 is 11.8 Å². The number of rotatable bonds is 2. The lowest BCUT2D eigenvalue weighted by molar-refractivity contribution is -0.138. The second kappa shape index (κ2) is 4.25. The summed E-state index contributed by atoms with van der Waals surface area (Å²) < 4.78 is 0. The minimum atomic E-state index is -0.550. The third-order valence-electron chi connectivity index (χ3n) is 4.87. The van der Waals surface area contributed by atoms with Crippen LogP contribution in [0.15, 0.2) is 0 Å². The molecule has 3 fully saturated rings. The summed E-state index contributed by atoms with van der Waals surface area (Å²) in [6.45, 7) is 3.70. The minimum Gasteiger partial charge on any atom is -0.342 e. The third-order valence-corrected chi connectivity index (χ3v) is 4.87. The first kappa shape index (κ1) is 12.0. The van der Waals surface area contributed by atoms with E-state index in [0.29, 0.717) is 18.9 Å². The van der Waals surface area contributed by atoms with Gasteiger partial charge in [0, 0.05) is 19.5 Å². The van der Waals surface area contributed by atoms with Crippen molar-refractivity contribution < 1.29 is 9.59 Å². The molecule has 3 aliphatic rings. The van der Waals surface area contributed by atoms with Crippen molar-refractivity contribution in [1.29, 1.82) is 0 Å². The van der Waals surface area contributed by atoms with Crippen LogP contribution >= 0.6 is 0 Å². The number of nitrogens with zero attached hydrogens (tertiary/aromatic N) is 1. The summed E-state index contributed by atoms with van der Waals surface area (Å²) in [5, 5.41) is 3.01. The number of carbonyl (C=O) groups is 2. The van der Waals surface area contributed by atoms with Gasteiger partial charge in [-0.15, -0.1) is 0 Å². The quantitative estimate of drug-likeness (QED) is 0.803. The highest BCUT2D eigenvalue weighted by atomic mass is 16.2. The number of carbonyl (C=O) groups excluding carboxylic acids is 2. The van der Waals surface area contributed by atoms with Crippen LogP contribution in [-0.4, -0.2) is 35.3 Å². The van der Waals surface area contributed by atoms with E-state index in [1.165, 1.54) is 6.42 Å². The summed E-state index contributed by atoms with van der Waals surface area (Å²) in [4.78, 5) is 26.5. The molecule has 2 saturated carbocycles. The maximum atomic E-state index is 12.7. The maximum Gasteiger partial charge on any atom is 0.248 e. The van der Waals surface area contributed by atoms with Gasteiger partial charge < -0.3 is 10.2 Å². The molecule has 1 N–H and O–H groups in total. The molecule has 0 aromatic rings. The molecule has 0 aromatic heterocycles. The largest absolute Gasteiger partial charge is 0.342 e. The zero-order valence-electron chi connectivity index (χ0n) is 11.1.